The SMILES string of the molecule is COc1cccc(-c2cn[nH]c2CC2CCNC2)c1. The third-order valence-corrected chi connectivity index (χ3v) is 3.75. The van der Waals surface area contributed by atoms with E-state index in [0.29, 0.717) is 5.92 Å². The van der Waals surface area contributed by atoms with Crippen molar-refractivity contribution in [2.45, 2.75) is 12.8 Å². The van der Waals surface area contributed by atoms with Crippen molar-refractivity contribution < 1.29 is 4.74 Å². The van der Waals surface area contributed by atoms with E-state index < -0.39 is 0 Å². The molecule has 1 atom stereocenters. The molecule has 4 heteroatoms. The Balaban J connectivity index is 1.85. The molecule has 1 fully saturated rings. The maximum atomic E-state index is 5.29. The Labute approximate surface area is 113 Å². The molecule has 2 aromatic rings. The number of rotatable bonds is 4. The number of aromatic nitrogens is 2. The summed E-state index contributed by atoms with van der Waals surface area (Å²) in [7, 11) is 1.69. The highest BCUT2D eigenvalue weighted by molar-refractivity contribution is 5.66. The van der Waals surface area contributed by atoms with Crippen LogP contribution >= 0.6 is 0 Å². The molecule has 4 nitrogen and oxygen atoms in total. The molecule has 1 aliphatic heterocycles. The minimum Gasteiger partial charge on any atom is -0.497 e. The Morgan fingerprint density at radius 2 is 2.37 bits per heavy atom. The first-order chi connectivity index (χ1) is 9.36. The van der Waals surface area contributed by atoms with Gasteiger partial charge in [-0.2, -0.15) is 5.10 Å². The zero-order chi connectivity index (χ0) is 13.1. The quantitative estimate of drug-likeness (QED) is 0.883. The number of nitrogens with zero attached hydrogens (tertiary/aromatic N) is 1. The second-order valence-electron chi connectivity index (χ2n) is 5.06. The minimum atomic E-state index is 0.713. The summed E-state index contributed by atoms with van der Waals surface area (Å²) < 4.78 is 5.29. The molecule has 19 heavy (non-hydrogen) atoms. The molecule has 1 aromatic heterocycles. The van der Waals surface area contributed by atoms with E-state index in [1.54, 1.807) is 7.11 Å². The van der Waals surface area contributed by atoms with Gasteiger partial charge < -0.3 is 10.1 Å². The molecule has 0 amide bonds. The number of benzene rings is 1. The fourth-order valence-corrected chi connectivity index (χ4v) is 2.69. The van der Waals surface area contributed by atoms with E-state index in [1.807, 2.05) is 18.3 Å². The molecule has 2 heterocycles. The molecule has 0 saturated carbocycles. The summed E-state index contributed by atoms with van der Waals surface area (Å²) in [4.78, 5) is 0. The largest absolute Gasteiger partial charge is 0.497 e. The Bertz CT molecular complexity index is 544. The zero-order valence-electron chi connectivity index (χ0n) is 11.1. The molecular weight excluding hydrogens is 238 g/mol. The predicted molar refractivity (Wildman–Crippen MR) is 75.3 cm³/mol. The van der Waals surface area contributed by atoms with E-state index in [0.717, 1.165) is 30.8 Å². The third kappa shape index (κ3) is 2.63. The van der Waals surface area contributed by atoms with Gasteiger partial charge in [0, 0.05) is 11.3 Å². The van der Waals surface area contributed by atoms with E-state index in [9.17, 15) is 0 Å². The molecule has 3 rings (SSSR count). The fraction of sp³-hybridized carbons (Fsp3) is 0.400. The van der Waals surface area contributed by atoms with Gasteiger partial charge in [-0.3, -0.25) is 5.10 Å². The first-order valence-electron chi connectivity index (χ1n) is 6.74. The fourth-order valence-electron chi connectivity index (χ4n) is 2.69. The van der Waals surface area contributed by atoms with Crippen LogP contribution in [0.5, 0.6) is 5.75 Å². The normalized spacial score (nSPS) is 18.7. The molecule has 0 bridgehead atoms. The van der Waals surface area contributed by atoms with Gasteiger partial charge >= 0.3 is 0 Å². The molecule has 2 N–H and O–H groups in total. The van der Waals surface area contributed by atoms with Crippen molar-refractivity contribution in [2.75, 3.05) is 20.2 Å². The number of aromatic amines is 1. The van der Waals surface area contributed by atoms with Crippen LogP contribution in [-0.2, 0) is 6.42 Å². The second kappa shape index (κ2) is 5.45. The Kier molecular flexibility index (Phi) is 3.51. The lowest BCUT2D eigenvalue weighted by Gasteiger charge is -2.09. The minimum absolute atomic E-state index is 0.713. The monoisotopic (exact) mass is 257 g/mol. The summed E-state index contributed by atoms with van der Waals surface area (Å²) in [5.74, 6) is 1.59. The van der Waals surface area contributed by atoms with Crippen LogP contribution in [0.1, 0.15) is 12.1 Å². The van der Waals surface area contributed by atoms with Gasteiger partial charge in [-0.05, 0) is 49.5 Å². The highest BCUT2D eigenvalue weighted by atomic mass is 16.5. The molecule has 1 unspecified atom stereocenters. The maximum absolute atomic E-state index is 5.29. The van der Waals surface area contributed by atoms with Crippen LogP contribution in [0.4, 0.5) is 0 Å². The lowest BCUT2D eigenvalue weighted by atomic mass is 9.97. The van der Waals surface area contributed by atoms with Crippen LogP contribution in [0.15, 0.2) is 30.5 Å². The Morgan fingerprint density at radius 1 is 1.42 bits per heavy atom. The van der Waals surface area contributed by atoms with Crippen LogP contribution in [0.25, 0.3) is 11.1 Å². The van der Waals surface area contributed by atoms with Crippen molar-refractivity contribution in [1.82, 2.24) is 15.5 Å². The van der Waals surface area contributed by atoms with Crippen LogP contribution in [0.3, 0.4) is 0 Å². The van der Waals surface area contributed by atoms with Gasteiger partial charge in [0.1, 0.15) is 5.75 Å². The van der Waals surface area contributed by atoms with Gasteiger partial charge in [0.25, 0.3) is 0 Å². The van der Waals surface area contributed by atoms with Gasteiger partial charge in [0.15, 0.2) is 0 Å². The van der Waals surface area contributed by atoms with Gasteiger partial charge in [-0.15, -0.1) is 0 Å². The predicted octanol–water partition coefficient (Wildman–Crippen LogP) is 2.24. The molecule has 100 valence electrons. The van der Waals surface area contributed by atoms with Crippen LogP contribution < -0.4 is 10.1 Å². The smallest absolute Gasteiger partial charge is 0.119 e. The van der Waals surface area contributed by atoms with Crippen molar-refractivity contribution in [1.29, 1.82) is 0 Å². The molecule has 0 aliphatic carbocycles. The third-order valence-electron chi connectivity index (χ3n) is 3.75. The maximum Gasteiger partial charge on any atom is 0.119 e. The van der Waals surface area contributed by atoms with Gasteiger partial charge in [-0.1, -0.05) is 12.1 Å². The van der Waals surface area contributed by atoms with E-state index in [2.05, 4.69) is 27.6 Å². The molecule has 0 spiro atoms. The standard InChI is InChI=1S/C15H19N3O/c1-19-13-4-2-3-12(8-13)14-10-17-18-15(14)7-11-5-6-16-9-11/h2-4,8,10-11,16H,5-7,9H2,1H3,(H,17,18). The number of nitrogens with one attached hydrogen (secondary N) is 2. The van der Waals surface area contributed by atoms with Crippen molar-refractivity contribution in [3.63, 3.8) is 0 Å². The van der Waals surface area contributed by atoms with Gasteiger partial charge in [-0.25, -0.2) is 0 Å². The summed E-state index contributed by atoms with van der Waals surface area (Å²) in [6.07, 6.45) is 4.21. The van der Waals surface area contributed by atoms with E-state index in [4.69, 9.17) is 4.74 Å². The van der Waals surface area contributed by atoms with Crippen molar-refractivity contribution in [3.05, 3.63) is 36.2 Å². The lowest BCUT2D eigenvalue weighted by molar-refractivity contribution is 0.415. The highest BCUT2D eigenvalue weighted by Gasteiger charge is 2.18. The Hall–Kier alpha value is -1.81. The lowest BCUT2D eigenvalue weighted by Crippen LogP contribution is -2.11. The first-order valence-corrected chi connectivity index (χ1v) is 6.74. The van der Waals surface area contributed by atoms with Gasteiger partial charge in [0.05, 0.1) is 13.3 Å². The number of ether oxygens (including phenoxy) is 1. The van der Waals surface area contributed by atoms with Crippen molar-refractivity contribution in [2.24, 2.45) is 5.92 Å². The number of hydrogen-bond donors (Lipinski definition) is 2. The molecule has 1 aliphatic rings. The number of hydrogen-bond acceptors (Lipinski definition) is 3. The second-order valence-corrected chi connectivity index (χ2v) is 5.06. The van der Waals surface area contributed by atoms with E-state index in [1.165, 1.54) is 17.7 Å². The Morgan fingerprint density at radius 3 is 3.16 bits per heavy atom. The van der Waals surface area contributed by atoms with Crippen LogP contribution in [0, 0.1) is 5.92 Å². The average molecular weight is 257 g/mol. The van der Waals surface area contributed by atoms with E-state index in [-0.39, 0.29) is 0 Å². The first kappa shape index (κ1) is 12.2. The zero-order valence-corrected chi connectivity index (χ0v) is 11.1. The molecule has 0 radical (unpaired) electrons. The summed E-state index contributed by atoms with van der Waals surface area (Å²) in [5.41, 5.74) is 3.57. The molecule has 1 saturated heterocycles. The van der Waals surface area contributed by atoms with E-state index >= 15 is 0 Å². The molecule has 1 aromatic carbocycles. The molecular formula is C15H19N3O. The van der Waals surface area contributed by atoms with Gasteiger partial charge in [0.2, 0.25) is 0 Å². The summed E-state index contributed by atoms with van der Waals surface area (Å²) in [6.45, 7) is 2.24. The summed E-state index contributed by atoms with van der Waals surface area (Å²) >= 11 is 0. The average Bonchev–Trinajstić information content (AvgIpc) is 3.11. The van der Waals surface area contributed by atoms with Crippen LogP contribution in [-0.4, -0.2) is 30.4 Å². The highest BCUT2D eigenvalue weighted by Crippen LogP contribution is 2.27. The topological polar surface area (TPSA) is 49.9 Å². The summed E-state index contributed by atoms with van der Waals surface area (Å²) in [6, 6.07) is 8.14. The summed E-state index contributed by atoms with van der Waals surface area (Å²) in [5, 5.41) is 10.8. The van der Waals surface area contributed by atoms with Crippen LogP contribution in [0.2, 0.25) is 0 Å². The number of H-pyrrole nitrogens is 1. The van der Waals surface area contributed by atoms with Crippen molar-refractivity contribution >= 4 is 0 Å². The number of methoxy groups -OCH3 is 1. The van der Waals surface area contributed by atoms with Crippen molar-refractivity contribution in [3.8, 4) is 16.9 Å².